The number of nitrogens with zero attached hydrogens (tertiary/aromatic N) is 2. The molecular weight excluding hydrogens is 360 g/mol. The zero-order valence-corrected chi connectivity index (χ0v) is 13.5. The first kappa shape index (κ1) is 16.4. The molecule has 5 nitrogen and oxygen atoms in total. The fourth-order valence-corrected chi connectivity index (χ4v) is 2.13. The van der Waals surface area contributed by atoms with Crippen molar-refractivity contribution in [1.29, 1.82) is 0 Å². The van der Waals surface area contributed by atoms with Gasteiger partial charge in [-0.25, -0.2) is 0 Å². The number of halogens is 3. The number of hydrogen-bond acceptors (Lipinski definition) is 3. The Hall–Kier alpha value is -1.96. The smallest absolute Gasteiger partial charge is 0.387 e. The number of amides is 1. The van der Waals surface area contributed by atoms with E-state index in [-0.39, 0.29) is 17.3 Å². The Bertz CT molecular complexity index is 676. The summed E-state index contributed by atoms with van der Waals surface area (Å²) < 4.78 is 31.4. The van der Waals surface area contributed by atoms with Crippen LogP contribution < -0.4 is 10.1 Å². The molecule has 0 bridgehead atoms. The van der Waals surface area contributed by atoms with Crippen molar-refractivity contribution in [2.75, 3.05) is 5.32 Å². The number of hydrogen-bond donors (Lipinski definition) is 1. The van der Waals surface area contributed by atoms with Gasteiger partial charge in [0, 0.05) is 6.20 Å². The molecule has 1 amide bonds. The third kappa shape index (κ3) is 4.03. The molecule has 0 saturated carbocycles. The van der Waals surface area contributed by atoms with Crippen molar-refractivity contribution in [2.45, 2.75) is 26.5 Å². The molecule has 0 aliphatic heterocycles. The lowest BCUT2D eigenvalue weighted by molar-refractivity contribution is -0.119. The third-order valence-electron chi connectivity index (χ3n) is 2.96. The zero-order valence-electron chi connectivity index (χ0n) is 11.9. The van der Waals surface area contributed by atoms with Gasteiger partial charge in [0.2, 0.25) is 5.91 Å². The van der Waals surface area contributed by atoms with Crippen LogP contribution in [0.1, 0.15) is 18.5 Å². The van der Waals surface area contributed by atoms with Crippen LogP contribution in [0.3, 0.4) is 0 Å². The predicted octanol–water partition coefficient (Wildman–Crippen LogP) is 3.76. The van der Waals surface area contributed by atoms with Crippen LogP contribution in [-0.2, 0) is 4.79 Å². The summed E-state index contributed by atoms with van der Waals surface area (Å²) in [5, 5.41) is 6.62. The minimum Gasteiger partial charge on any atom is -0.433 e. The SMILES string of the molecule is Cc1ccc(OC(F)F)c(NC(=O)C(C)n2cc(Br)cn2)c1. The minimum absolute atomic E-state index is 0.0807. The molecule has 0 saturated heterocycles. The molecule has 8 heteroatoms. The molecule has 1 aromatic heterocycles. The van der Waals surface area contributed by atoms with E-state index in [9.17, 15) is 13.6 Å². The number of aromatic nitrogens is 2. The van der Waals surface area contributed by atoms with Crippen molar-refractivity contribution >= 4 is 27.5 Å². The second-order valence-electron chi connectivity index (χ2n) is 4.68. The summed E-state index contributed by atoms with van der Waals surface area (Å²) in [6.07, 6.45) is 3.21. The van der Waals surface area contributed by atoms with Crippen LogP contribution in [0, 0.1) is 6.92 Å². The molecule has 0 spiro atoms. The normalized spacial score (nSPS) is 12.3. The standard InChI is InChI=1S/C14H14BrF2N3O2/c1-8-3-4-12(22-14(16)17)11(5-8)19-13(21)9(2)20-7-10(15)6-18-20/h3-7,9,14H,1-2H3,(H,19,21). The second-order valence-corrected chi connectivity index (χ2v) is 5.60. The van der Waals surface area contributed by atoms with Crippen molar-refractivity contribution in [1.82, 2.24) is 9.78 Å². The van der Waals surface area contributed by atoms with E-state index in [1.54, 1.807) is 38.4 Å². The number of anilines is 1. The number of aryl methyl sites for hydroxylation is 1. The van der Waals surface area contributed by atoms with Crippen LogP contribution in [0.2, 0.25) is 0 Å². The highest BCUT2D eigenvalue weighted by molar-refractivity contribution is 9.10. The monoisotopic (exact) mass is 373 g/mol. The van der Waals surface area contributed by atoms with E-state index in [1.165, 1.54) is 10.7 Å². The molecular formula is C14H14BrF2N3O2. The lowest BCUT2D eigenvalue weighted by Gasteiger charge is -2.16. The van der Waals surface area contributed by atoms with E-state index in [0.717, 1.165) is 10.0 Å². The number of alkyl halides is 2. The van der Waals surface area contributed by atoms with Gasteiger partial charge in [-0.2, -0.15) is 13.9 Å². The molecule has 1 N–H and O–H groups in total. The van der Waals surface area contributed by atoms with E-state index < -0.39 is 12.7 Å². The van der Waals surface area contributed by atoms with E-state index >= 15 is 0 Å². The molecule has 0 aliphatic rings. The molecule has 1 aromatic carbocycles. The van der Waals surface area contributed by atoms with Gasteiger partial charge in [0.15, 0.2) is 0 Å². The summed E-state index contributed by atoms with van der Waals surface area (Å²) in [6.45, 7) is 0.478. The first-order valence-electron chi connectivity index (χ1n) is 6.43. The quantitative estimate of drug-likeness (QED) is 0.867. The van der Waals surface area contributed by atoms with Gasteiger partial charge in [0.25, 0.3) is 0 Å². The molecule has 0 fully saturated rings. The van der Waals surface area contributed by atoms with Gasteiger partial charge in [0.05, 0.1) is 16.4 Å². The van der Waals surface area contributed by atoms with Gasteiger partial charge in [0.1, 0.15) is 11.8 Å². The first-order valence-corrected chi connectivity index (χ1v) is 7.22. The van der Waals surface area contributed by atoms with Crippen LogP contribution in [-0.4, -0.2) is 22.3 Å². The van der Waals surface area contributed by atoms with Crippen molar-refractivity contribution < 1.29 is 18.3 Å². The fourth-order valence-electron chi connectivity index (χ4n) is 1.82. The van der Waals surface area contributed by atoms with E-state index in [1.807, 2.05) is 0 Å². The molecule has 22 heavy (non-hydrogen) atoms. The van der Waals surface area contributed by atoms with Gasteiger partial charge in [-0.1, -0.05) is 6.07 Å². The van der Waals surface area contributed by atoms with Crippen molar-refractivity contribution in [2.24, 2.45) is 0 Å². The van der Waals surface area contributed by atoms with E-state index in [2.05, 4.69) is 31.1 Å². The van der Waals surface area contributed by atoms with Crippen LogP contribution >= 0.6 is 15.9 Å². The highest BCUT2D eigenvalue weighted by atomic mass is 79.9. The summed E-state index contributed by atoms with van der Waals surface area (Å²) in [4.78, 5) is 12.2. The minimum atomic E-state index is -2.96. The average Bonchev–Trinajstić information content (AvgIpc) is 2.87. The Morgan fingerprint density at radius 1 is 1.45 bits per heavy atom. The second kappa shape index (κ2) is 6.87. The number of carbonyl (C=O) groups is 1. The van der Waals surface area contributed by atoms with Crippen molar-refractivity contribution in [3.63, 3.8) is 0 Å². The lowest BCUT2D eigenvalue weighted by atomic mass is 10.2. The molecule has 1 unspecified atom stereocenters. The highest BCUT2D eigenvalue weighted by Gasteiger charge is 2.18. The van der Waals surface area contributed by atoms with Crippen LogP contribution in [0.4, 0.5) is 14.5 Å². The number of carbonyl (C=O) groups excluding carboxylic acids is 1. The maximum atomic E-state index is 12.4. The zero-order chi connectivity index (χ0) is 16.3. The lowest BCUT2D eigenvalue weighted by Crippen LogP contribution is -2.24. The van der Waals surface area contributed by atoms with E-state index in [0.29, 0.717) is 0 Å². The van der Waals surface area contributed by atoms with Gasteiger partial charge in [-0.3, -0.25) is 9.48 Å². The molecule has 0 radical (unpaired) electrons. The maximum absolute atomic E-state index is 12.4. The van der Waals surface area contributed by atoms with Gasteiger partial charge in [-0.05, 0) is 47.5 Å². The predicted molar refractivity (Wildman–Crippen MR) is 81.1 cm³/mol. The molecule has 2 rings (SSSR count). The molecule has 1 heterocycles. The third-order valence-corrected chi connectivity index (χ3v) is 3.36. The van der Waals surface area contributed by atoms with Crippen LogP contribution in [0.5, 0.6) is 5.75 Å². The maximum Gasteiger partial charge on any atom is 0.387 e. The first-order chi connectivity index (χ1) is 10.4. The van der Waals surface area contributed by atoms with E-state index in [4.69, 9.17) is 0 Å². The summed E-state index contributed by atoms with van der Waals surface area (Å²) >= 11 is 3.25. The van der Waals surface area contributed by atoms with Gasteiger partial charge >= 0.3 is 6.61 Å². The number of nitrogens with one attached hydrogen (secondary N) is 1. The molecule has 118 valence electrons. The Morgan fingerprint density at radius 2 is 2.18 bits per heavy atom. The Balaban J connectivity index is 2.18. The summed E-state index contributed by atoms with van der Waals surface area (Å²) in [5.41, 5.74) is 1.01. The topological polar surface area (TPSA) is 56.1 Å². The molecule has 0 aliphatic carbocycles. The molecule has 1 atom stereocenters. The van der Waals surface area contributed by atoms with Crippen molar-refractivity contribution in [3.05, 3.63) is 40.6 Å². The van der Waals surface area contributed by atoms with Crippen LogP contribution in [0.25, 0.3) is 0 Å². The Morgan fingerprint density at radius 3 is 2.77 bits per heavy atom. The highest BCUT2D eigenvalue weighted by Crippen LogP contribution is 2.28. The average molecular weight is 374 g/mol. The number of rotatable bonds is 5. The van der Waals surface area contributed by atoms with Crippen molar-refractivity contribution in [3.8, 4) is 5.75 Å². The largest absolute Gasteiger partial charge is 0.433 e. The van der Waals surface area contributed by atoms with Gasteiger partial charge in [-0.15, -0.1) is 0 Å². The molecule has 2 aromatic rings. The summed E-state index contributed by atoms with van der Waals surface area (Å²) in [6, 6.07) is 3.99. The Labute approximate surface area is 134 Å². The summed E-state index contributed by atoms with van der Waals surface area (Å²) in [7, 11) is 0. The number of ether oxygens (including phenoxy) is 1. The summed E-state index contributed by atoms with van der Waals surface area (Å²) in [5.74, 6) is -0.469. The Kier molecular flexibility index (Phi) is 5.12. The number of benzene rings is 1. The van der Waals surface area contributed by atoms with Gasteiger partial charge < -0.3 is 10.1 Å². The van der Waals surface area contributed by atoms with Crippen LogP contribution in [0.15, 0.2) is 35.1 Å². The fraction of sp³-hybridized carbons (Fsp3) is 0.286.